The SMILES string of the molecule is COc1ccccc1-c1nn(-c2nc(-c3ccc(Cl)cc3)cs2)c(-c2ccccc2OC)c1Br. The van der Waals surface area contributed by atoms with Gasteiger partial charge in [0.1, 0.15) is 17.2 Å². The molecule has 0 N–H and O–H groups in total. The van der Waals surface area contributed by atoms with Crippen LogP contribution in [0.3, 0.4) is 0 Å². The summed E-state index contributed by atoms with van der Waals surface area (Å²) in [6.45, 7) is 0. The molecular formula is C26H19BrClN3O2S. The highest BCUT2D eigenvalue weighted by atomic mass is 79.9. The highest BCUT2D eigenvalue weighted by molar-refractivity contribution is 9.10. The Morgan fingerprint density at radius 1 is 0.853 bits per heavy atom. The Labute approximate surface area is 214 Å². The first-order valence-corrected chi connectivity index (χ1v) is 12.4. The first kappa shape index (κ1) is 22.7. The fourth-order valence-electron chi connectivity index (χ4n) is 3.74. The predicted molar refractivity (Wildman–Crippen MR) is 141 cm³/mol. The maximum Gasteiger partial charge on any atom is 0.211 e. The average molecular weight is 553 g/mol. The number of nitrogens with zero attached hydrogens (tertiary/aromatic N) is 3. The summed E-state index contributed by atoms with van der Waals surface area (Å²) in [5.74, 6) is 1.48. The molecule has 5 nitrogen and oxygen atoms in total. The van der Waals surface area contributed by atoms with E-state index in [1.54, 1.807) is 14.2 Å². The minimum atomic E-state index is 0.690. The zero-order valence-electron chi connectivity index (χ0n) is 18.3. The highest BCUT2D eigenvalue weighted by Crippen LogP contribution is 2.44. The summed E-state index contributed by atoms with van der Waals surface area (Å²) in [6.07, 6.45) is 0. The number of aromatic nitrogens is 3. The van der Waals surface area contributed by atoms with Crippen LogP contribution in [0, 0.1) is 0 Å². The van der Waals surface area contributed by atoms with Crippen molar-refractivity contribution in [3.8, 4) is 50.4 Å². The lowest BCUT2D eigenvalue weighted by Crippen LogP contribution is -2.00. The van der Waals surface area contributed by atoms with Crippen LogP contribution in [0.4, 0.5) is 0 Å². The van der Waals surface area contributed by atoms with E-state index >= 15 is 0 Å². The number of ether oxygens (including phenoxy) is 2. The molecule has 3 aromatic carbocycles. The van der Waals surface area contributed by atoms with E-state index in [0.717, 1.165) is 54.9 Å². The summed E-state index contributed by atoms with van der Waals surface area (Å²) in [7, 11) is 3.32. The smallest absolute Gasteiger partial charge is 0.211 e. The molecular weight excluding hydrogens is 534 g/mol. The van der Waals surface area contributed by atoms with Gasteiger partial charge in [0.15, 0.2) is 0 Å². The first-order chi connectivity index (χ1) is 16.6. The summed E-state index contributed by atoms with van der Waals surface area (Å²) in [4.78, 5) is 4.90. The molecule has 0 spiro atoms. The van der Waals surface area contributed by atoms with Gasteiger partial charge in [0.25, 0.3) is 0 Å². The van der Waals surface area contributed by atoms with Crippen LogP contribution >= 0.6 is 38.9 Å². The van der Waals surface area contributed by atoms with Crippen LogP contribution in [0.15, 0.2) is 82.6 Å². The molecule has 5 aromatic rings. The van der Waals surface area contributed by atoms with Crippen LogP contribution in [0.5, 0.6) is 11.5 Å². The highest BCUT2D eigenvalue weighted by Gasteiger charge is 2.25. The van der Waals surface area contributed by atoms with Crippen molar-refractivity contribution >= 4 is 38.9 Å². The van der Waals surface area contributed by atoms with Gasteiger partial charge in [0, 0.05) is 27.1 Å². The maximum atomic E-state index is 6.06. The van der Waals surface area contributed by atoms with Gasteiger partial charge in [0.2, 0.25) is 5.13 Å². The van der Waals surface area contributed by atoms with Crippen LogP contribution in [-0.4, -0.2) is 29.0 Å². The number of halogens is 2. The summed E-state index contributed by atoms with van der Waals surface area (Å²) < 4.78 is 14.0. The number of hydrogen-bond acceptors (Lipinski definition) is 5. The molecule has 0 aliphatic carbocycles. The molecule has 8 heteroatoms. The Balaban J connectivity index is 1.73. The third kappa shape index (κ3) is 4.11. The lowest BCUT2D eigenvalue weighted by molar-refractivity contribution is 0.416. The molecule has 5 rings (SSSR count). The van der Waals surface area contributed by atoms with Gasteiger partial charge in [-0.1, -0.05) is 48.0 Å². The van der Waals surface area contributed by atoms with Crippen LogP contribution in [0.1, 0.15) is 0 Å². The Morgan fingerprint density at radius 2 is 1.47 bits per heavy atom. The Bertz CT molecular complexity index is 1460. The van der Waals surface area contributed by atoms with Gasteiger partial charge in [0.05, 0.1) is 30.1 Å². The summed E-state index contributed by atoms with van der Waals surface area (Å²) in [5.41, 5.74) is 5.21. The van der Waals surface area contributed by atoms with Gasteiger partial charge in [-0.05, 0) is 52.3 Å². The molecule has 170 valence electrons. The number of hydrogen-bond donors (Lipinski definition) is 0. The fourth-order valence-corrected chi connectivity index (χ4v) is 5.33. The van der Waals surface area contributed by atoms with Crippen molar-refractivity contribution in [2.45, 2.75) is 0 Å². The minimum absolute atomic E-state index is 0.690. The van der Waals surface area contributed by atoms with Crippen molar-refractivity contribution in [3.63, 3.8) is 0 Å². The average Bonchev–Trinajstić information content (AvgIpc) is 3.49. The Hall–Kier alpha value is -3.13. The molecule has 0 atom stereocenters. The molecule has 2 heterocycles. The molecule has 2 aromatic heterocycles. The molecule has 34 heavy (non-hydrogen) atoms. The van der Waals surface area contributed by atoms with E-state index in [2.05, 4.69) is 15.9 Å². The van der Waals surface area contributed by atoms with Crippen molar-refractivity contribution in [1.29, 1.82) is 0 Å². The van der Waals surface area contributed by atoms with Crippen LogP contribution in [0.25, 0.3) is 38.9 Å². The van der Waals surface area contributed by atoms with Crippen molar-refractivity contribution < 1.29 is 9.47 Å². The van der Waals surface area contributed by atoms with Gasteiger partial charge in [-0.25, -0.2) is 9.67 Å². The van der Waals surface area contributed by atoms with E-state index in [1.165, 1.54) is 11.3 Å². The first-order valence-electron chi connectivity index (χ1n) is 10.4. The van der Waals surface area contributed by atoms with Gasteiger partial charge in [-0.15, -0.1) is 11.3 Å². The quantitative estimate of drug-likeness (QED) is 0.216. The van der Waals surface area contributed by atoms with E-state index in [-0.39, 0.29) is 0 Å². The summed E-state index contributed by atoms with van der Waals surface area (Å²) >= 11 is 11.4. The lowest BCUT2D eigenvalue weighted by Gasteiger charge is -2.10. The molecule has 0 aliphatic rings. The molecule has 0 bridgehead atoms. The number of para-hydroxylation sites is 2. The largest absolute Gasteiger partial charge is 0.496 e. The second-order valence-electron chi connectivity index (χ2n) is 7.35. The Kier molecular flexibility index (Phi) is 6.41. The van der Waals surface area contributed by atoms with Crippen molar-refractivity contribution in [2.75, 3.05) is 14.2 Å². The Morgan fingerprint density at radius 3 is 2.15 bits per heavy atom. The number of rotatable bonds is 6. The van der Waals surface area contributed by atoms with Gasteiger partial charge < -0.3 is 9.47 Å². The zero-order valence-corrected chi connectivity index (χ0v) is 21.5. The van der Waals surface area contributed by atoms with E-state index < -0.39 is 0 Å². The monoisotopic (exact) mass is 551 g/mol. The van der Waals surface area contributed by atoms with Gasteiger partial charge in [-0.2, -0.15) is 5.10 Å². The molecule has 0 saturated carbocycles. The standard InChI is InChI=1S/C26H19BrClN3O2S/c1-32-21-9-5-3-7-18(21)24-23(27)25(19-8-4-6-10-22(19)33-2)31(30-24)26-29-20(15-34-26)16-11-13-17(28)14-12-16/h3-15H,1-2H3. The molecule has 0 unspecified atom stereocenters. The number of thiazole rings is 1. The molecule has 0 fully saturated rings. The van der Waals surface area contributed by atoms with Crippen LogP contribution < -0.4 is 9.47 Å². The summed E-state index contributed by atoms with van der Waals surface area (Å²) in [6, 6.07) is 23.3. The zero-order chi connectivity index (χ0) is 23.7. The minimum Gasteiger partial charge on any atom is -0.496 e. The summed E-state index contributed by atoms with van der Waals surface area (Å²) in [5, 5.41) is 8.43. The second kappa shape index (κ2) is 9.62. The second-order valence-corrected chi connectivity index (χ2v) is 9.41. The van der Waals surface area contributed by atoms with E-state index in [0.29, 0.717) is 5.02 Å². The van der Waals surface area contributed by atoms with Gasteiger partial charge >= 0.3 is 0 Å². The van der Waals surface area contributed by atoms with Gasteiger partial charge in [-0.3, -0.25) is 0 Å². The number of benzene rings is 3. The van der Waals surface area contributed by atoms with E-state index in [4.69, 9.17) is 31.2 Å². The predicted octanol–water partition coefficient (Wildman–Crippen LogP) is 7.76. The molecule has 0 amide bonds. The normalized spacial score (nSPS) is 10.9. The fraction of sp³-hybridized carbons (Fsp3) is 0.0769. The maximum absolute atomic E-state index is 6.06. The number of methoxy groups -OCH3 is 2. The molecule has 0 radical (unpaired) electrons. The van der Waals surface area contributed by atoms with Crippen LogP contribution in [0.2, 0.25) is 5.02 Å². The lowest BCUT2D eigenvalue weighted by atomic mass is 10.1. The molecule has 0 aliphatic heterocycles. The van der Waals surface area contributed by atoms with Crippen molar-refractivity contribution in [3.05, 3.63) is 87.7 Å². The third-order valence-electron chi connectivity index (χ3n) is 5.37. The third-order valence-corrected chi connectivity index (χ3v) is 7.18. The van der Waals surface area contributed by atoms with Crippen molar-refractivity contribution in [2.24, 2.45) is 0 Å². The topological polar surface area (TPSA) is 49.2 Å². The van der Waals surface area contributed by atoms with Crippen LogP contribution in [-0.2, 0) is 0 Å². The molecule has 0 saturated heterocycles. The van der Waals surface area contributed by atoms with Crippen molar-refractivity contribution in [1.82, 2.24) is 14.8 Å². The van der Waals surface area contributed by atoms with E-state index in [9.17, 15) is 0 Å². The van der Waals surface area contributed by atoms with E-state index in [1.807, 2.05) is 82.9 Å².